The fourth-order valence-electron chi connectivity index (χ4n) is 1.80. The van der Waals surface area contributed by atoms with Crippen LogP contribution in [0.25, 0.3) is 0 Å². The van der Waals surface area contributed by atoms with Crippen LogP contribution < -0.4 is 5.32 Å². The van der Waals surface area contributed by atoms with Gasteiger partial charge in [0.1, 0.15) is 5.82 Å². The Morgan fingerprint density at radius 2 is 1.86 bits per heavy atom. The fraction of sp³-hybridized carbons (Fsp3) is 0.0667. The van der Waals surface area contributed by atoms with E-state index < -0.39 is 23.3 Å². The fourth-order valence-corrected chi connectivity index (χ4v) is 1.98. The summed E-state index contributed by atoms with van der Waals surface area (Å²) in [6.45, 7) is 1.75. The van der Waals surface area contributed by atoms with Gasteiger partial charge in [-0.25, -0.2) is 9.18 Å². The number of hydrogen-bond acceptors (Lipinski definition) is 2. The van der Waals surface area contributed by atoms with Gasteiger partial charge in [-0.2, -0.15) is 0 Å². The van der Waals surface area contributed by atoms with Gasteiger partial charge in [0.15, 0.2) is 0 Å². The summed E-state index contributed by atoms with van der Waals surface area (Å²) in [7, 11) is 0. The molecule has 6 heteroatoms. The highest BCUT2D eigenvalue weighted by molar-refractivity contribution is 6.31. The first-order valence-corrected chi connectivity index (χ1v) is 6.36. The quantitative estimate of drug-likeness (QED) is 0.907. The van der Waals surface area contributed by atoms with Crippen molar-refractivity contribution in [2.24, 2.45) is 0 Å². The van der Waals surface area contributed by atoms with E-state index in [0.29, 0.717) is 10.6 Å². The molecule has 2 aromatic carbocycles. The maximum Gasteiger partial charge on any atom is 0.338 e. The molecule has 0 aromatic heterocycles. The summed E-state index contributed by atoms with van der Waals surface area (Å²) in [5.41, 5.74) is 0.773. The van der Waals surface area contributed by atoms with Crippen molar-refractivity contribution in [2.75, 3.05) is 5.32 Å². The number of carbonyl (C=O) groups is 2. The number of rotatable bonds is 3. The molecular formula is C15H11ClFNO3. The van der Waals surface area contributed by atoms with E-state index in [1.54, 1.807) is 19.1 Å². The third-order valence-electron chi connectivity index (χ3n) is 2.90. The lowest BCUT2D eigenvalue weighted by Gasteiger charge is -2.09. The summed E-state index contributed by atoms with van der Waals surface area (Å²) in [6, 6.07) is 8.21. The predicted octanol–water partition coefficient (Wildman–Crippen LogP) is 3.74. The SMILES string of the molecule is Cc1ccc(Cl)cc1C(=O)Nc1ccc(F)c(C(=O)O)c1. The number of amides is 1. The van der Waals surface area contributed by atoms with Crippen LogP contribution in [0.4, 0.5) is 10.1 Å². The lowest BCUT2D eigenvalue weighted by Crippen LogP contribution is -2.14. The first-order valence-electron chi connectivity index (χ1n) is 5.99. The van der Waals surface area contributed by atoms with Gasteiger partial charge in [0.05, 0.1) is 5.56 Å². The molecule has 2 rings (SSSR count). The molecule has 0 aliphatic rings. The number of carbonyl (C=O) groups excluding carboxylic acids is 1. The van der Waals surface area contributed by atoms with E-state index in [9.17, 15) is 14.0 Å². The normalized spacial score (nSPS) is 10.2. The molecular weight excluding hydrogens is 297 g/mol. The minimum atomic E-state index is -1.40. The Hall–Kier alpha value is -2.40. The molecule has 108 valence electrons. The van der Waals surface area contributed by atoms with Crippen LogP contribution in [-0.4, -0.2) is 17.0 Å². The Bertz CT molecular complexity index is 731. The smallest absolute Gasteiger partial charge is 0.338 e. The highest BCUT2D eigenvalue weighted by atomic mass is 35.5. The van der Waals surface area contributed by atoms with Crippen molar-refractivity contribution < 1.29 is 19.1 Å². The summed E-state index contributed by atoms with van der Waals surface area (Å²) in [4.78, 5) is 23.0. The average Bonchev–Trinajstić information content (AvgIpc) is 2.43. The molecule has 0 heterocycles. The molecule has 0 radical (unpaired) electrons. The highest BCUT2D eigenvalue weighted by Crippen LogP contribution is 2.19. The van der Waals surface area contributed by atoms with E-state index in [4.69, 9.17) is 16.7 Å². The van der Waals surface area contributed by atoms with E-state index in [-0.39, 0.29) is 5.69 Å². The van der Waals surface area contributed by atoms with Gasteiger partial charge in [-0.1, -0.05) is 17.7 Å². The molecule has 0 spiro atoms. The van der Waals surface area contributed by atoms with Crippen molar-refractivity contribution in [3.63, 3.8) is 0 Å². The van der Waals surface area contributed by atoms with Crippen molar-refractivity contribution in [1.29, 1.82) is 0 Å². The van der Waals surface area contributed by atoms with Gasteiger partial charge < -0.3 is 10.4 Å². The van der Waals surface area contributed by atoms with Gasteiger partial charge in [0.2, 0.25) is 0 Å². The lowest BCUT2D eigenvalue weighted by atomic mass is 10.1. The van der Waals surface area contributed by atoms with Crippen molar-refractivity contribution >= 4 is 29.2 Å². The first kappa shape index (κ1) is 15.0. The van der Waals surface area contributed by atoms with Crippen LogP contribution in [0.1, 0.15) is 26.3 Å². The Balaban J connectivity index is 2.29. The Kier molecular flexibility index (Phi) is 4.23. The zero-order valence-corrected chi connectivity index (χ0v) is 11.7. The third-order valence-corrected chi connectivity index (χ3v) is 3.13. The average molecular weight is 308 g/mol. The second kappa shape index (κ2) is 5.93. The Labute approximate surface area is 125 Å². The standard InChI is InChI=1S/C15H11ClFNO3/c1-8-2-3-9(16)6-11(8)14(19)18-10-4-5-13(17)12(7-10)15(20)21/h2-7H,1H3,(H,18,19)(H,20,21). The zero-order valence-electron chi connectivity index (χ0n) is 11.0. The molecule has 0 unspecified atom stereocenters. The van der Waals surface area contributed by atoms with Crippen molar-refractivity contribution in [2.45, 2.75) is 6.92 Å². The maximum absolute atomic E-state index is 13.3. The molecule has 21 heavy (non-hydrogen) atoms. The number of carboxylic acids is 1. The van der Waals surface area contributed by atoms with E-state index in [1.165, 1.54) is 12.1 Å². The topological polar surface area (TPSA) is 66.4 Å². The molecule has 0 bridgehead atoms. The van der Waals surface area contributed by atoms with E-state index >= 15 is 0 Å². The summed E-state index contributed by atoms with van der Waals surface area (Å²) in [5.74, 6) is -2.71. The maximum atomic E-state index is 13.3. The van der Waals surface area contributed by atoms with Crippen molar-refractivity contribution in [1.82, 2.24) is 0 Å². The molecule has 0 aliphatic heterocycles. The van der Waals surface area contributed by atoms with Crippen LogP contribution in [-0.2, 0) is 0 Å². The van der Waals surface area contributed by atoms with Gasteiger partial charge in [0, 0.05) is 16.3 Å². The van der Waals surface area contributed by atoms with E-state index in [1.807, 2.05) is 0 Å². The summed E-state index contributed by atoms with van der Waals surface area (Å²) < 4.78 is 13.3. The zero-order chi connectivity index (χ0) is 15.6. The van der Waals surface area contributed by atoms with Gasteiger partial charge >= 0.3 is 5.97 Å². The molecule has 1 amide bonds. The van der Waals surface area contributed by atoms with Crippen LogP contribution in [0.15, 0.2) is 36.4 Å². The molecule has 0 aliphatic carbocycles. The molecule has 2 aromatic rings. The molecule has 0 atom stereocenters. The largest absolute Gasteiger partial charge is 0.478 e. The number of hydrogen-bond donors (Lipinski definition) is 2. The van der Waals surface area contributed by atoms with Gasteiger partial charge in [0.25, 0.3) is 5.91 Å². The predicted molar refractivity (Wildman–Crippen MR) is 77.5 cm³/mol. The monoisotopic (exact) mass is 307 g/mol. The van der Waals surface area contributed by atoms with Crippen LogP contribution >= 0.6 is 11.6 Å². The second-order valence-electron chi connectivity index (χ2n) is 4.41. The number of aryl methyl sites for hydroxylation is 1. The van der Waals surface area contributed by atoms with Crippen LogP contribution in [0.5, 0.6) is 0 Å². The molecule has 0 saturated heterocycles. The second-order valence-corrected chi connectivity index (χ2v) is 4.85. The van der Waals surface area contributed by atoms with Gasteiger partial charge in [-0.15, -0.1) is 0 Å². The first-order chi connectivity index (χ1) is 9.88. The van der Waals surface area contributed by atoms with Gasteiger partial charge in [-0.3, -0.25) is 4.79 Å². The number of nitrogens with one attached hydrogen (secondary N) is 1. The summed E-state index contributed by atoms with van der Waals surface area (Å²) in [5, 5.41) is 11.8. The van der Waals surface area contributed by atoms with E-state index in [0.717, 1.165) is 17.7 Å². The number of halogens is 2. The number of carboxylic acid groups (broad SMARTS) is 1. The lowest BCUT2D eigenvalue weighted by molar-refractivity contribution is 0.0691. The van der Waals surface area contributed by atoms with Crippen molar-refractivity contribution in [3.8, 4) is 0 Å². The summed E-state index contributed by atoms with van der Waals surface area (Å²) in [6.07, 6.45) is 0. The van der Waals surface area contributed by atoms with Gasteiger partial charge in [-0.05, 0) is 42.8 Å². The van der Waals surface area contributed by atoms with Crippen molar-refractivity contribution in [3.05, 3.63) is 63.9 Å². The summed E-state index contributed by atoms with van der Waals surface area (Å²) >= 11 is 5.84. The number of anilines is 1. The number of aromatic carboxylic acids is 1. The molecule has 0 fully saturated rings. The van der Waals surface area contributed by atoms with Crippen LogP contribution in [0.2, 0.25) is 5.02 Å². The minimum absolute atomic E-state index is 0.193. The van der Waals surface area contributed by atoms with E-state index in [2.05, 4.69) is 5.32 Å². The third kappa shape index (κ3) is 3.38. The van der Waals surface area contributed by atoms with Crippen LogP contribution in [0.3, 0.4) is 0 Å². The Morgan fingerprint density at radius 3 is 2.52 bits per heavy atom. The molecule has 2 N–H and O–H groups in total. The number of benzene rings is 2. The molecule has 0 saturated carbocycles. The molecule has 4 nitrogen and oxygen atoms in total. The van der Waals surface area contributed by atoms with Crippen LogP contribution in [0, 0.1) is 12.7 Å². The Morgan fingerprint density at radius 1 is 1.14 bits per heavy atom. The minimum Gasteiger partial charge on any atom is -0.478 e. The highest BCUT2D eigenvalue weighted by Gasteiger charge is 2.14.